The fourth-order valence-electron chi connectivity index (χ4n) is 6.07. The lowest BCUT2D eigenvalue weighted by molar-refractivity contribution is 0.594. The Bertz CT molecular complexity index is 2170. The lowest BCUT2D eigenvalue weighted by Crippen LogP contribution is -2.16. The van der Waals surface area contributed by atoms with Crippen LogP contribution in [0.4, 0.5) is 0 Å². The highest BCUT2D eigenvalue weighted by molar-refractivity contribution is 7.92. The minimum atomic E-state index is -3.69. The molecular formula is C33H23N3O2S. The third-order valence-electron chi connectivity index (χ3n) is 7.84. The second-order valence-electron chi connectivity index (χ2n) is 9.94. The van der Waals surface area contributed by atoms with Gasteiger partial charge in [0, 0.05) is 22.9 Å². The molecule has 0 bridgehead atoms. The van der Waals surface area contributed by atoms with E-state index in [1.54, 1.807) is 18.2 Å². The van der Waals surface area contributed by atoms with Crippen molar-refractivity contribution in [2.45, 2.75) is 23.1 Å². The second-order valence-corrected chi connectivity index (χ2v) is 11.8. The predicted molar refractivity (Wildman–Crippen MR) is 156 cm³/mol. The molecule has 5 aromatic carbocycles. The maximum absolute atomic E-state index is 13.8. The van der Waals surface area contributed by atoms with Gasteiger partial charge in [0.25, 0.3) is 0 Å². The van der Waals surface area contributed by atoms with Crippen LogP contribution in [0.2, 0.25) is 0 Å². The van der Waals surface area contributed by atoms with E-state index in [4.69, 9.17) is 4.98 Å². The molecule has 6 heteroatoms. The van der Waals surface area contributed by atoms with Crippen molar-refractivity contribution in [3.63, 3.8) is 0 Å². The zero-order valence-corrected chi connectivity index (χ0v) is 22.0. The Kier molecular flexibility index (Phi) is 4.53. The Balaban J connectivity index is 1.28. The van der Waals surface area contributed by atoms with Crippen LogP contribution >= 0.6 is 0 Å². The van der Waals surface area contributed by atoms with Gasteiger partial charge in [-0.1, -0.05) is 67.6 Å². The Labute approximate surface area is 225 Å². The Morgan fingerprint density at radius 1 is 0.667 bits per heavy atom. The van der Waals surface area contributed by atoms with Gasteiger partial charge in [-0.2, -0.15) is 0 Å². The molecule has 0 amide bonds. The second kappa shape index (κ2) is 7.91. The van der Waals surface area contributed by atoms with Crippen molar-refractivity contribution in [3.8, 4) is 22.5 Å². The molecule has 0 saturated carbocycles. The quantitative estimate of drug-likeness (QED) is 0.240. The van der Waals surface area contributed by atoms with Gasteiger partial charge in [0.2, 0.25) is 9.84 Å². The topological polar surface area (TPSA) is 56.9 Å². The van der Waals surface area contributed by atoms with Crippen LogP contribution in [0.3, 0.4) is 0 Å². The molecule has 7 aromatic rings. The van der Waals surface area contributed by atoms with Gasteiger partial charge in [-0.3, -0.25) is 4.57 Å². The minimum Gasteiger partial charge on any atom is -0.309 e. The number of fused-ring (bicyclic) bond motifs is 5. The number of nitrogens with zero attached hydrogens (tertiary/aromatic N) is 3. The monoisotopic (exact) mass is 525 g/mol. The van der Waals surface area contributed by atoms with E-state index in [0.717, 1.165) is 33.7 Å². The molecule has 0 N–H and O–H groups in total. The van der Waals surface area contributed by atoms with Crippen molar-refractivity contribution >= 4 is 42.7 Å². The zero-order chi connectivity index (χ0) is 26.3. The fraction of sp³-hybridized carbons (Fsp3) is 0.0606. The highest BCUT2D eigenvalue weighted by Crippen LogP contribution is 2.41. The average Bonchev–Trinajstić information content (AvgIpc) is 3.52. The van der Waals surface area contributed by atoms with E-state index in [9.17, 15) is 8.42 Å². The highest BCUT2D eigenvalue weighted by atomic mass is 32.2. The van der Waals surface area contributed by atoms with Gasteiger partial charge < -0.3 is 4.57 Å². The van der Waals surface area contributed by atoms with Gasteiger partial charge in [-0.05, 0) is 59.7 Å². The summed E-state index contributed by atoms with van der Waals surface area (Å²) >= 11 is 0. The summed E-state index contributed by atoms with van der Waals surface area (Å²) in [6.45, 7) is 2.04. The summed E-state index contributed by atoms with van der Waals surface area (Å²) in [5.74, 6) is 0.858. The molecule has 0 saturated heterocycles. The number of aryl methyl sites for hydroxylation is 1. The van der Waals surface area contributed by atoms with Crippen LogP contribution in [0, 0.1) is 0 Å². The SMILES string of the molecule is CCc1nc2cccc3c2n1-c1ccc(-c2ccc(-n4c5ccccc5c5ccccc54)cc2)cc1S3(=O)=O. The summed E-state index contributed by atoms with van der Waals surface area (Å²) in [5.41, 5.74) is 7.24. The van der Waals surface area contributed by atoms with Gasteiger partial charge in [-0.15, -0.1) is 0 Å². The molecule has 39 heavy (non-hydrogen) atoms. The standard InChI is InChI=1S/C33H23N3O2S/c1-2-32-34-26-10-7-13-30-33(26)36(32)29-19-16-22(20-31(29)39(30,37)38)21-14-17-23(18-15-21)35-27-11-5-3-8-24(27)25-9-4-6-12-28(25)35/h3-20H,2H2,1H3. The Morgan fingerprint density at radius 3 is 2.03 bits per heavy atom. The molecule has 188 valence electrons. The third kappa shape index (κ3) is 3.00. The fourth-order valence-corrected chi connectivity index (χ4v) is 7.73. The molecule has 8 rings (SSSR count). The van der Waals surface area contributed by atoms with Crippen molar-refractivity contribution in [2.24, 2.45) is 0 Å². The maximum Gasteiger partial charge on any atom is 0.210 e. The van der Waals surface area contributed by atoms with Gasteiger partial charge >= 0.3 is 0 Å². The Hall–Kier alpha value is -4.68. The molecule has 5 nitrogen and oxygen atoms in total. The summed E-state index contributed by atoms with van der Waals surface area (Å²) in [7, 11) is -3.69. The van der Waals surface area contributed by atoms with Crippen molar-refractivity contribution in [2.75, 3.05) is 0 Å². The first kappa shape index (κ1) is 22.3. The van der Waals surface area contributed by atoms with E-state index in [1.165, 1.54) is 10.8 Å². The number of imidazole rings is 1. The molecule has 3 heterocycles. The summed E-state index contributed by atoms with van der Waals surface area (Å²) in [5, 5.41) is 2.44. The zero-order valence-electron chi connectivity index (χ0n) is 21.2. The van der Waals surface area contributed by atoms with E-state index < -0.39 is 9.84 Å². The number of aromatic nitrogens is 3. The number of hydrogen-bond donors (Lipinski definition) is 0. The van der Waals surface area contributed by atoms with Gasteiger partial charge in [0.05, 0.1) is 37.5 Å². The van der Waals surface area contributed by atoms with Crippen molar-refractivity contribution in [1.82, 2.24) is 14.1 Å². The molecular weight excluding hydrogens is 502 g/mol. The molecule has 1 aliphatic heterocycles. The molecule has 0 fully saturated rings. The molecule has 0 unspecified atom stereocenters. The van der Waals surface area contributed by atoms with E-state index in [-0.39, 0.29) is 0 Å². The first-order chi connectivity index (χ1) is 19.1. The van der Waals surface area contributed by atoms with Gasteiger partial charge in [0.15, 0.2) is 0 Å². The summed E-state index contributed by atoms with van der Waals surface area (Å²) in [4.78, 5) is 5.36. The average molecular weight is 526 g/mol. The van der Waals surface area contributed by atoms with Crippen LogP contribution in [0.5, 0.6) is 0 Å². The molecule has 0 aliphatic carbocycles. The highest BCUT2D eigenvalue weighted by Gasteiger charge is 2.33. The third-order valence-corrected chi connectivity index (χ3v) is 9.66. The van der Waals surface area contributed by atoms with Crippen molar-refractivity contribution in [1.29, 1.82) is 0 Å². The number of para-hydroxylation sites is 3. The van der Waals surface area contributed by atoms with Crippen molar-refractivity contribution < 1.29 is 8.42 Å². The van der Waals surface area contributed by atoms with E-state index >= 15 is 0 Å². The molecule has 0 radical (unpaired) electrons. The Morgan fingerprint density at radius 2 is 1.33 bits per heavy atom. The summed E-state index contributed by atoms with van der Waals surface area (Å²) < 4.78 is 31.8. The van der Waals surface area contributed by atoms with Gasteiger partial charge in [0.1, 0.15) is 5.82 Å². The van der Waals surface area contributed by atoms with Gasteiger partial charge in [-0.25, -0.2) is 13.4 Å². The van der Waals surface area contributed by atoms with Crippen LogP contribution in [0.15, 0.2) is 119 Å². The lowest BCUT2D eigenvalue weighted by Gasteiger charge is -2.21. The van der Waals surface area contributed by atoms with E-state index in [2.05, 4.69) is 77.4 Å². The minimum absolute atomic E-state index is 0.318. The maximum atomic E-state index is 13.8. The summed E-state index contributed by atoms with van der Waals surface area (Å²) in [6.07, 6.45) is 0.708. The van der Waals surface area contributed by atoms with Crippen LogP contribution in [0.25, 0.3) is 55.3 Å². The van der Waals surface area contributed by atoms with Crippen LogP contribution in [-0.4, -0.2) is 22.5 Å². The molecule has 0 spiro atoms. The van der Waals surface area contributed by atoms with Crippen molar-refractivity contribution in [3.05, 3.63) is 115 Å². The van der Waals surface area contributed by atoms with E-state index in [0.29, 0.717) is 32.9 Å². The predicted octanol–water partition coefficient (Wildman–Crippen LogP) is 7.50. The normalized spacial score (nSPS) is 13.8. The first-order valence-corrected chi connectivity index (χ1v) is 14.5. The molecule has 1 aliphatic rings. The molecule has 2 aromatic heterocycles. The number of sulfone groups is 1. The lowest BCUT2D eigenvalue weighted by atomic mass is 10.0. The number of rotatable bonds is 3. The smallest absolute Gasteiger partial charge is 0.210 e. The number of hydrogen-bond acceptors (Lipinski definition) is 3. The van der Waals surface area contributed by atoms with Crippen LogP contribution in [0.1, 0.15) is 12.7 Å². The molecule has 0 atom stereocenters. The summed E-state index contributed by atoms with van der Waals surface area (Å²) in [6, 6.07) is 36.3. The van der Waals surface area contributed by atoms with Crippen LogP contribution in [-0.2, 0) is 16.3 Å². The largest absolute Gasteiger partial charge is 0.309 e. The number of benzene rings is 5. The van der Waals surface area contributed by atoms with Crippen LogP contribution < -0.4 is 0 Å². The first-order valence-electron chi connectivity index (χ1n) is 13.0. The van der Waals surface area contributed by atoms with E-state index in [1.807, 2.05) is 29.7 Å².